The highest BCUT2D eigenvalue weighted by atomic mass is 16.2. The third-order valence-corrected chi connectivity index (χ3v) is 5.05. The van der Waals surface area contributed by atoms with Crippen LogP contribution in [-0.4, -0.2) is 27.0 Å². The first-order valence-corrected chi connectivity index (χ1v) is 8.42. The van der Waals surface area contributed by atoms with Gasteiger partial charge < -0.3 is 14.8 Å². The minimum absolute atomic E-state index is 0.0309. The van der Waals surface area contributed by atoms with E-state index in [1.54, 1.807) is 0 Å². The Kier molecular flexibility index (Phi) is 3.56. The lowest BCUT2D eigenvalue weighted by Gasteiger charge is -2.28. The Balaban J connectivity index is 1.45. The van der Waals surface area contributed by atoms with Gasteiger partial charge in [0.15, 0.2) is 0 Å². The van der Waals surface area contributed by atoms with Crippen molar-refractivity contribution in [1.82, 2.24) is 19.8 Å². The summed E-state index contributed by atoms with van der Waals surface area (Å²) in [5, 5.41) is 3.21. The predicted octanol–water partition coefficient (Wildman–Crippen LogP) is 2.66. The number of nitrogens with one attached hydrogen (secondary N) is 1. The van der Waals surface area contributed by atoms with Gasteiger partial charge in [-0.05, 0) is 30.9 Å². The van der Waals surface area contributed by atoms with Crippen molar-refractivity contribution in [2.24, 2.45) is 0 Å². The molecule has 2 aliphatic rings. The molecule has 0 saturated carbocycles. The van der Waals surface area contributed by atoms with Crippen LogP contribution in [0.3, 0.4) is 0 Å². The van der Waals surface area contributed by atoms with E-state index in [0.717, 1.165) is 38.0 Å². The van der Waals surface area contributed by atoms with Gasteiger partial charge in [0.25, 0.3) is 0 Å². The standard InChI is InChI=1S/C18H22N4O/c1-2-21-12-19-16-11-22(10-9-17(16)21)18(23)20-15-8-7-13-5-3-4-6-14(13)15/h3-6,12,15H,2,7-11H2,1H3,(H,20,23). The first kappa shape index (κ1) is 14.3. The molecule has 4 rings (SSSR count). The van der Waals surface area contributed by atoms with Crippen molar-refractivity contribution >= 4 is 6.03 Å². The number of fused-ring (bicyclic) bond motifs is 2. The molecule has 1 aromatic carbocycles. The Hall–Kier alpha value is -2.30. The van der Waals surface area contributed by atoms with Crippen LogP contribution in [0.4, 0.5) is 4.79 Å². The quantitative estimate of drug-likeness (QED) is 0.927. The minimum atomic E-state index is 0.0309. The largest absolute Gasteiger partial charge is 0.334 e. The van der Waals surface area contributed by atoms with E-state index in [0.29, 0.717) is 6.54 Å². The highest BCUT2D eigenvalue weighted by Gasteiger charge is 2.28. The zero-order valence-corrected chi connectivity index (χ0v) is 13.5. The van der Waals surface area contributed by atoms with E-state index >= 15 is 0 Å². The number of amides is 2. The summed E-state index contributed by atoms with van der Waals surface area (Å²) in [6.07, 6.45) is 4.82. The number of hydrogen-bond donors (Lipinski definition) is 1. The molecular weight excluding hydrogens is 288 g/mol. The fourth-order valence-corrected chi connectivity index (χ4v) is 3.76. The van der Waals surface area contributed by atoms with Crippen molar-refractivity contribution < 1.29 is 4.79 Å². The summed E-state index contributed by atoms with van der Waals surface area (Å²) in [6.45, 7) is 4.44. The topological polar surface area (TPSA) is 50.2 Å². The van der Waals surface area contributed by atoms with Gasteiger partial charge in [-0.1, -0.05) is 24.3 Å². The molecule has 2 amide bonds. The average Bonchev–Trinajstić information content (AvgIpc) is 3.18. The molecule has 120 valence electrons. The van der Waals surface area contributed by atoms with E-state index in [1.807, 2.05) is 17.3 Å². The predicted molar refractivity (Wildman–Crippen MR) is 88.1 cm³/mol. The molecule has 0 bridgehead atoms. The van der Waals surface area contributed by atoms with Crippen molar-refractivity contribution in [2.45, 2.75) is 45.3 Å². The van der Waals surface area contributed by atoms with Crippen LogP contribution in [0.5, 0.6) is 0 Å². The molecule has 1 aliphatic heterocycles. The lowest BCUT2D eigenvalue weighted by molar-refractivity contribution is 0.187. The molecule has 0 radical (unpaired) electrons. The zero-order valence-electron chi connectivity index (χ0n) is 13.5. The fraction of sp³-hybridized carbons (Fsp3) is 0.444. The van der Waals surface area contributed by atoms with E-state index in [1.165, 1.54) is 16.8 Å². The van der Waals surface area contributed by atoms with Crippen molar-refractivity contribution in [3.8, 4) is 0 Å². The smallest absolute Gasteiger partial charge is 0.318 e. The highest BCUT2D eigenvalue weighted by molar-refractivity contribution is 5.75. The maximum atomic E-state index is 12.6. The van der Waals surface area contributed by atoms with Gasteiger partial charge >= 0.3 is 6.03 Å². The van der Waals surface area contributed by atoms with Crippen molar-refractivity contribution in [3.63, 3.8) is 0 Å². The SMILES string of the molecule is CCn1cnc2c1CCN(C(=O)NC1CCc3ccccc31)C2. The molecule has 0 saturated heterocycles. The highest BCUT2D eigenvalue weighted by Crippen LogP contribution is 2.31. The van der Waals surface area contributed by atoms with Crippen LogP contribution in [0.25, 0.3) is 0 Å². The number of aromatic nitrogens is 2. The number of urea groups is 1. The number of carbonyl (C=O) groups excluding carboxylic acids is 1. The first-order chi connectivity index (χ1) is 11.3. The minimum Gasteiger partial charge on any atom is -0.334 e. The Bertz CT molecular complexity index is 736. The summed E-state index contributed by atoms with van der Waals surface area (Å²) >= 11 is 0. The Morgan fingerprint density at radius 1 is 1.35 bits per heavy atom. The maximum Gasteiger partial charge on any atom is 0.318 e. The third-order valence-electron chi connectivity index (χ3n) is 5.05. The van der Waals surface area contributed by atoms with Crippen LogP contribution < -0.4 is 5.32 Å². The van der Waals surface area contributed by atoms with E-state index in [4.69, 9.17) is 0 Å². The van der Waals surface area contributed by atoms with Crippen LogP contribution in [0.2, 0.25) is 0 Å². The second-order valence-electron chi connectivity index (χ2n) is 6.34. The molecule has 1 aliphatic carbocycles. The Labute approximate surface area is 136 Å². The summed E-state index contributed by atoms with van der Waals surface area (Å²) in [7, 11) is 0. The van der Waals surface area contributed by atoms with Crippen molar-refractivity contribution in [2.75, 3.05) is 6.54 Å². The van der Waals surface area contributed by atoms with E-state index in [9.17, 15) is 4.79 Å². The molecule has 23 heavy (non-hydrogen) atoms. The molecular formula is C18H22N4O. The van der Waals surface area contributed by atoms with Crippen LogP contribution in [-0.2, 0) is 25.9 Å². The summed E-state index contributed by atoms with van der Waals surface area (Å²) in [5.74, 6) is 0. The lowest BCUT2D eigenvalue weighted by Crippen LogP contribution is -2.44. The van der Waals surface area contributed by atoms with Crippen LogP contribution >= 0.6 is 0 Å². The van der Waals surface area contributed by atoms with Crippen LogP contribution in [0.1, 0.15) is 41.9 Å². The molecule has 1 N–H and O–H groups in total. The normalized spacial score (nSPS) is 19.3. The van der Waals surface area contributed by atoms with Gasteiger partial charge in [-0.2, -0.15) is 0 Å². The number of rotatable bonds is 2. The Morgan fingerprint density at radius 2 is 2.22 bits per heavy atom. The number of aryl methyl sites for hydroxylation is 2. The molecule has 0 fully saturated rings. The Morgan fingerprint density at radius 3 is 3.09 bits per heavy atom. The van der Waals surface area contributed by atoms with Gasteiger partial charge in [-0.3, -0.25) is 0 Å². The monoisotopic (exact) mass is 310 g/mol. The molecule has 0 spiro atoms. The summed E-state index contributed by atoms with van der Waals surface area (Å²) in [4.78, 5) is 19.0. The molecule has 1 atom stereocenters. The van der Waals surface area contributed by atoms with Gasteiger partial charge in [-0.25, -0.2) is 9.78 Å². The first-order valence-electron chi connectivity index (χ1n) is 8.42. The fourth-order valence-electron chi connectivity index (χ4n) is 3.76. The maximum absolute atomic E-state index is 12.6. The third kappa shape index (κ3) is 2.50. The van der Waals surface area contributed by atoms with Crippen LogP contribution in [0.15, 0.2) is 30.6 Å². The van der Waals surface area contributed by atoms with Gasteiger partial charge in [-0.15, -0.1) is 0 Å². The second kappa shape index (κ2) is 5.72. The number of hydrogen-bond acceptors (Lipinski definition) is 2. The number of benzene rings is 1. The average molecular weight is 310 g/mol. The lowest BCUT2D eigenvalue weighted by atomic mass is 10.1. The number of imidazole rings is 1. The summed E-state index contributed by atoms with van der Waals surface area (Å²) < 4.78 is 2.18. The van der Waals surface area contributed by atoms with Gasteiger partial charge in [0.1, 0.15) is 0 Å². The summed E-state index contributed by atoms with van der Waals surface area (Å²) in [5.41, 5.74) is 4.96. The van der Waals surface area contributed by atoms with Gasteiger partial charge in [0, 0.05) is 25.2 Å². The van der Waals surface area contributed by atoms with E-state index in [-0.39, 0.29) is 12.1 Å². The molecule has 5 nitrogen and oxygen atoms in total. The second-order valence-corrected chi connectivity index (χ2v) is 6.34. The molecule has 5 heteroatoms. The van der Waals surface area contributed by atoms with E-state index in [2.05, 4.69) is 40.0 Å². The van der Waals surface area contributed by atoms with Crippen molar-refractivity contribution in [1.29, 1.82) is 0 Å². The molecule has 1 unspecified atom stereocenters. The van der Waals surface area contributed by atoms with Crippen LogP contribution in [0, 0.1) is 0 Å². The molecule has 2 heterocycles. The van der Waals surface area contributed by atoms with Gasteiger partial charge in [0.05, 0.1) is 24.6 Å². The van der Waals surface area contributed by atoms with Gasteiger partial charge in [0.2, 0.25) is 0 Å². The molecule has 1 aromatic heterocycles. The number of nitrogens with zero attached hydrogens (tertiary/aromatic N) is 3. The summed E-state index contributed by atoms with van der Waals surface area (Å²) in [6, 6.07) is 8.58. The van der Waals surface area contributed by atoms with Crippen molar-refractivity contribution in [3.05, 3.63) is 53.1 Å². The zero-order chi connectivity index (χ0) is 15.8. The molecule has 2 aromatic rings. The van der Waals surface area contributed by atoms with E-state index < -0.39 is 0 Å². The number of carbonyl (C=O) groups is 1.